The average molecular weight is 599 g/mol. The second-order valence-corrected chi connectivity index (χ2v) is 11.3. The lowest BCUT2D eigenvalue weighted by molar-refractivity contribution is 0.0601. The number of halogens is 1. The average Bonchev–Trinajstić information content (AvgIpc) is 3.69. The lowest BCUT2D eigenvalue weighted by atomic mass is 10.1. The van der Waals surface area contributed by atoms with Crippen LogP contribution in [0.3, 0.4) is 0 Å². The van der Waals surface area contributed by atoms with Crippen LogP contribution in [-0.4, -0.2) is 59.4 Å². The molecule has 3 aromatic carbocycles. The number of carbonyl (C=O) groups is 1. The van der Waals surface area contributed by atoms with Crippen LogP contribution in [0.4, 0.5) is 4.39 Å². The molecule has 0 bridgehead atoms. The zero-order chi connectivity index (χ0) is 30.5. The first kappa shape index (κ1) is 29.6. The van der Waals surface area contributed by atoms with E-state index in [1.54, 1.807) is 6.07 Å². The van der Waals surface area contributed by atoms with Crippen molar-refractivity contribution in [3.63, 3.8) is 0 Å². The fourth-order valence-corrected chi connectivity index (χ4v) is 5.87. The molecular formula is C34H35FN4O5. The number of hydrogen-bond donors (Lipinski definition) is 0. The Labute approximate surface area is 255 Å². The van der Waals surface area contributed by atoms with Gasteiger partial charge in [0.1, 0.15) is 24.3 Å². The van der Waals surface area contributed by atoms with Crippen LogP contribution < -0.4 is 9.47 Å². The molecule has 0 spiro atoms. The van der Waals surface area contributed by atoms with Crippen molar-refractivity contribution < 1.29 is 28.1 Å². The highest BCUT2D eigenvalue weighted by Gasteiger charge is 2.25. The number of benzene rings is 3. The third-order valence-corrected chi connectivity index (χ3v) is 8.21. The van der Waals surface area contributed by atoms with Crippen molar-refractivity contribution in [2.45, 2.75) is 57.6 Å². The summed E-state index contributed by atoms with van der Waals surface area (Å²) in [6.07, 6.45) is 4.02. The number of methoxy groups -OCH3 is 1. The summed E-state index contributed by atoms with van der Waals surface area (Å²) in [6.45, 7) is 4.09. The number of ether oxygens (including phenoxy) is 4. The van der Waals surface area contributed by atoms with Crippen LogP contribution in [0.15, 0.2) is 60.7 Å². The highest BCUT2D eigenvalue weighted by Crippen LogP contribution is 2.26. The van der Waals surface area contributed by atoms with E-state index in [2.05, 4.69) is 9.47 Å². The lowest BCUT2D eigenvalue weighted by Gasteiger charge is -2.32. The summed E-state index contributed by atoms with van der Waals surface area (Å²) in [5.74, 6) is 0.902. The predicted molar refractivity (Wildman–Crippen MR) is 161 cm³/mol. The van der Waals surface area contributed by atoms with Crippen molar-refractivity contribution in [1.29, 1.82) is 5.26 Å². The number of nitriles is 1. The Kier molecular flexibility index (Phi) is 9.05. The Morgan fingerprint density at radius 2 is 1.98 bits per heavy atom. The van der Waals surface area contributed by atoms with E-state index < -0.39 is 5.82 Å². The molecule has 0 aliphatic carbocycles. The molecular weight excluding hydrogens is 563 g/mol. The summed E-state index contributed by atoms with van der Waals surface area (Å²) in [7, 11) is 1.39. The van der Waals surface area contributed by atoms with Crippen LogP contribution in [0.1, 0.15) is 53.0 Å². The van der Waals surface area contributed by atoms with E-state index in [0.717, 1.165) is 73.6 Å². The second kappa shape index (κ2) is 13.5. The van der Waals surface area contributed by atoms with Gasteiger partial charge in [-0.3, -0.25) is 4.90 Å². The van der Waals surface area contributed by atoms with E-state index in [1.165, 1.54) is 25.3 Å². The number of imidazole rings is 1. The van der Waals surface area contributed by atoms with Crippen LogP contribution in [0, 0.1) is 17.1 Å². The normalized spacial score (nSPS) is 17.4. The van der Waals surface area contributed by atoms with E-state index in [-0.39, 0.29) is 36.1 Å². The highest BCUT2D eigenvalue weighted by molar-refractivity contribution is 5.93. The molecule has 0 N–H and O–H groups in total. The molecule has 2 saturated heterocycles. The molecule has 0 saturated carbocycles. The molecule has 0 unspecified atom stereocenters. The maximum Gasteiger partial charge on any atom is 0.337 e. The van der Waals surface area contributed by atoms with Gasteiger partial charge in [-0.1, -0.05) is 12.1 Å². The number of fused-ring (bicyclic) bond motifs is 1. The summed E-state index contributed by atoms with van der Waals surface area (Å²) in [5, 5.41) is 8.93. The van der Waals surface area contributed by atoms with Crippen LogP contribution in [-0.2, 0) is 29.2 Å². The number of rotatable bonds is 10. The number of nitrogens with zero attached hydrogens (tertiary/aromatic N) is 4. The molecule has 0 radical (unpaired) electrons. The largest absolute Gasteiger partial charge is 0.490 e. The van der Waals surface area contributed by atoms with Crippen LogP contribution in [0.5, 0.6) is 11.5 Å². The first-order valence-corrected chi connectivity index (χ1v) is 15.0. The van der Waals surface area contributed by atoms with Crippen molar-refractivity contribution in [2.24, 2.45) is 0 Å². The Balaban J connectivity index is 1.07. The first-order chi connectivity index (χ1) is 21.5. The third kappa shape index (κ3) is 6.85. The maximum absolute atomic E-state index is 14.2. The van der Waals surface area contributed by atoms with Gasteiger partial charge < -0.3 is 23.5 Å². The Morgan fingerprint density at radius 3 is 2.73 bits per heavy atom. The molecule has 2 aliphatic rings. The standard InChI is InChI=1S/C34H35FN4O5/c1-41-34(40)25-8-9-30-31(18-25)39(20-28-6-3-15-42-28)33(37-30)21-38-13-11-26(12-14-38)44-27-5-2-4-24(16-27)22-43-32-10-7-23(19-36)17-29(32)35/h2,4-5,7-10,16-18,26,28H,3,6,11-15,20-22H2,1H3/t28-/m0/s1. The van der Waals surface area contributed by atoms with Crippen molar-refractivity contribution in [1.82, 2.24) is 14.5 Å². The molecule has 2 aliphatic heterocycles. The maximum atomic E-state index is 14.2. The van der Waals surface area contributed by atoms with Gasteiger partial charge >= 0.3 is 5.97 Å². The Hall–Kier alpha value is -4.46. The van der Waals surface area contributed by atoms with Gasteiger partial charge in [-0.05, 0) is 79.8 Å². The summed E-state index contributed by atoms with van der Waals surface area (Å²) in [5.41, 5.74) is 3.40. The molecule has 9 nitrogen and oxygen atoms in total. The molecule has 0 amide bonds. The quantitative estimate of drug-likeness (QED) is 0.217. The topological polar surface area (TPSA) is 98.8 Å². The number of hydrogen-bond acceptors (Lipinski definition) is 8. The molecule has 228 valence electrons. The summed E-state index contributed by atoms with van der Waals surface area (Å²) < 4.78 is 39.3. The smallest absolute Gasteiger partial charge is 0.337 e. The van der Waals surface area contributed by atoms with Crippen molar-refractivity contribution in [3.05, 3.63) is 89.0 Å². The zero-order valence-corrected chi connectivity index (χ0v) is 24.7. The van der Waals surface area contributed by atoms with Gasteiger partial charge in [0, 0.05) is 19.7 Å². The minimum atomic E-state index is -0.559. The summed E-state index contributed by atoms with van der Waals surface area (Å²) >= 11 is 0. The number of carbonyl (C=O) groups excluding carboxylic acids is 1. The van der Waals surface area contributed by atoms with Gasteiger partial charge in [0.05, 0.1) is 54.5 Å². The first-order valence-electron chi connectivity index (χ1n) is 15.0. The minimum absolute atomic E-state index is 0.0757. The Morgan fingerprint density at radius 1 is 1.11 bits per heavy atom. The van der Waals surface area contributed by atoms with Crippen LogP contribution in [0.2, 0.25) is 0 Å². The highest BCUT2D eigenvalue weighted by atomic mass is 19.1. The van der Waals surface area contributed by atoms with Crippen molar-refractivity contribution in [2.75, 3.05) is 26.8 Å². The van der Waals surface area contributed by atoms with Crippen LogP contribution >= 0.6 is 0 Å². The second-order valence-electron chi connectivity index (χ2n) is 11.3. The Bertz CT molecular complexity index is 1670. The van der Waals surface area contributed by atoms with Gasteiger partial charge in [-0.15, -0.1) is 0 Å². The molecule has 1 aromatic heterocycles. The van der Waals surface area contributed by atoms with E-state index in [9.17, 15) is 9.18 Å². The van der Waals surface area contributed by atoms with Crippen molar-refractivity contribution in [3.8, 4) is 17.6 Å². The molecule has 44 heavy (non-hydrogen) atoms. The van der Waals surface area contributed by atoms with Gasteiger partial charge in [0.25, 0.3) is 0 Å². The van der Waals surface area contributed by atoms with E-state index in [4.69, 9.17) is 29.2 Å². The summed E-state index contributed by atoms with van der Waals surface area (Å²) in [4.78, 5) is 19.6. The monoisotopic (exact) mass is 598 g/mol. The number of likely N-dealkylation sites (tertiary alicyclic amines) is 1. The van der Waals surface area contributed by atoms with Gasteiger partial charge in [0.2, 0.25) is 0 Å². The molecule has 3 heterocycles. The minimum Gasteiger partial charge on any atom is -0.490 e. The fourth-order valence-electron chi connectivity index (χ4n) is 5.87. The van der Waals surface area contributed by atoms with Gasteiger partial charge in [-0.25, -0.2) is 14.2 Å². The zero-order valence-electron chi connectivity index (χ0n) is 24.7. The number of aromatic nitrogens is 2. The summed E-state index contributed by atoms with van der Waals surface area (Å²) in [6, 6.07) is 19.3. The van der Waals surface area contributed by atoms with Gasteiger partial charge in [0.15, 0.2) is 11.6 Å². The molecule has 10 heteroatoms. The lowest BCUT2D eigenvalue weighted by Crippen LogP contribution is -2.38. The van der Waals surface area contributed by atoms with Crippen LogP contribution in [0.25, 0.3) is 11.0 Å². The van der Waals surface area contributed by atoms with Gasteiger partial charge in [-0.2, -0.15) is 5.26 Å². The number of piperidine rings is 1. The number of esters is 1. The fraction of sp³-hybridized carbons (Fsp3) is 0.382. The molecule has 4 aromatic rings. The SMILES string of the molecule is COC(=O)c1ccc2nc(CN3CCC(Oc4cccc(COc5ccc(C#N)cc5F)c4)CC3)n(C[C@@H]3CCCO3)c2c1. The van der Waals surface area contributed by atoms with E-state index >= 15 is 0 Å². The molecule has 6 rings (SSSR count). The van der Waals surface area contributed by atoms with E-state index in [0.29, 0.717) is 18.7 Å². The molecule has 1 atom stereocenters. The third-order valence-electron chi connectivity index (χ3n) is 8.21. The predicted octanol–water partition coefficient (Wildman–Crippen LogP) is 5.64. The van der Waals surface area contributed by atoms with Crippen molar-refractivity contribution >= 4 is 17.0 Å². The van der Waals surface area contributed by atoms with E-state index in [1.807, 2.05) is 42.5 Å². The molecule has 2 fully saturated rings.